The van der Waals surface area contributed by atoms with Crippen LogP contribution in [0.3, 0.4) is 0 Å². The van der Waals surface area contributed by atoms with Crippen LogP contribution in [0.5, 0.6) is 0 Å². The third kappa shape index (κ3) is 2.60. The van der Waals surface area contributed by atoms with Crippen molar-refractivity contribution in [1.29, 1.82) is 0 Å². The standard InChI is InChI=1S/C13H21N3O2S/c1-9-10(11(17)18)19-12(14-9)16(4)8-13(15(2)3)6-5-7-13/h5-8H2,1-4H3,(H,17,18). The molecule has 1 fully saturated rings. The summed E-state index contributed by atoms with van der Waals surface area (Å²) in [7, 11) is 6.22. The van der Waals surface area contributed by atoms with Gasteiger partial charge in [-0.25, -0.2) is 9.78 Å². The van der Waals surface area contributed by atoms with Crippen molar-refractivity contribution in [2.45, 2.75) is 31.7 Å². The van der Waals surface area contributed by atoms with Crippen molar-refractivity contribution in [3.63, 3.8) is 0 Å². The smallest absolute Gasteiger partial charge is 0.347 e. The molecular weight excluding hydrogens is 262 g/mol. The number of carboxylic acid groups (broad SMARTS) is 1. The van der Waals surface area contributed by atoms with E-state index in [1.165, 1.54) is 30.6 Å². The fourth-order valence-corrected chi connectivity index (χ4v) is 3.45. The molecule has 0 atom stereocenters. The van der Waals surface area contributed by atoms with Gasteiger partial charge in [-0.2, -0.15) is 0 Å². The molecule has 5 nitrogen and oxygen atoms in total. The van der Waals surface area contributed by atoms with Gasteiger partial charge in [0.05, 0.1) is 5.69 Å². The molecule has 1 N–H and O–H groups in total. The Morgan fingerprint density at radius 2 is 2.05 bits per heavy atom. The summed E-state index contributed by atoms with van der Waals surface area (Å²) in [5.41, 5.74) is 0.824. The Balaban J connectivity index is 2.14. The van der Waals surface area contributed by atoms with Crippen LogP contribution in [0, 0.1) is 6.92 Å². The summed E-state index contributed by atoms with van der Waals surface area (Å²) in [5.74, 6) is -0.888. The highest BCUT2D eigenvalue weighted by molar-refractivity contribution is 7.17. The Morgan fingerprint density at radius 3 is 2.42 bits per heavy atom. The van der Waals surface area contributed by atoms with Crippen molar-refractivity contribution in [2.24, 2.45) is 0 Å². The largest absolute Gasteiger partial charge is 0.477 e. The van der Waals surface area contributed by atoms with E-state index in [9.17, 15) is 4.79 Å². The highest BCUT2D eigenvalue weighted by Gasteiger charge is 2.40. The van der Waals surface area contributed by atoms with E-state index in [2.05, 4.69) is 28.9 Å². The number of rotatable bonds is 5. The first kappa shape index (κ1) is 14.3. The molecule has 1 aliphatic rings. The number of likely N-dealkylation sites (N-methyl/N-ethyl adjacent to an activating group) is 2. The van der Waals surface area contributed by atoms with E-state index in [1.54, 1.807) is 6.92 Å². The molecule has 1 saturated carbocycles. The predicted octanol–water partition coefficient (Wildman–Crippen LogP) is 2.07. The third-order valence-corrected chi connectivity index (χ3v) is 5.33. The maximum absolute atomic E-state index is 11.1. The average Bonchev–Trinajstić information content (AvgIpc) is 2.65. The molecule has 0 saturated heterocycles. The minimum atomic E-state index is -0.888. The molecule has 0 spiro atoms. The highest BCUT2D eigenvalue weighted by atomic mass is 32.1. The molecule has 19 heavy (non-hydrogen) atoms. The van der Waals surface area contributed by atoms with Gasteiger partial charge in [0.2, 0.25) is 0 Å². The molecule has 2 rings (SSSR count). The van der Waals surface area contributed by atoms with Gasteiger partial charge in [0.25, 0.3) is 0 Å². The van der Waals surface area contributed by atoms with E-state index in [0.29, 0.717) is 10.6 Å². The number of nitrogens with zero attached hydrogens (tertiary/aromatic N) is 3. The lowest BCUT2D eigenvalue weighted by molar-refractivity contribution is 0.0683. The van der Waals surface area contributed by atoms with Gasteiger partial charge >= 0.3 is 5.97 Å². The summed E-state index contributed by atoms with van der Waals surface area (Å²) in [6.07, 6.45) is 3.66. The Hall–Kier alpha value is -1.14. The molecule has 1 aliphatic carbocycles. The second kappa shape index (κ2) is 5.09. The fraction of sp³-hybridized carbons (Fsp3) is 0.692. The Bertz CT molecular complexity index is 480. The molecule has 1 aromatic rings. The van der Waals surface area contributed by atoms with Gasteiger partial charge in [0, 0.05) is 19.1 Å². The minimum Gasteiger partial charge on any atom is -0.477 e. The monoisotopic (exact) mass is 283 g/mol. The summed E-state index contributed by atoms with van der Waals surface area (Å²) >= 11 is 1.26. The molecular formula is C13H21N3O2S. The highest BCUT2D eigenvalue weighted by Crippen LogP contribution is 2.38. The van der Waals surface area contributed by atoms with Gasteiger partial charge in [-0.15, -0.1) is 0 Å². The molecule has 1 heterocycles. The number of anilines is 1. The number of aromatic carboxylic acids is 1. The number of carboxylic acids is 1. The zero-order valence-electron chi connectivity index (χ0n) is 11.9. The Morgan fingerprint density at radius 1 is 1.42 bits per heavy atom. The van der Waals surface area contributed by atoms with Crippen LogP contribution in [0.25, 0.3) is 0 Å². The summed E-state index contributed by atoms with van der Waals surface area (Å²) in [5, 5.41) is 9.88. The van der Waals surface area contributed by atoms with Gasteiger partial charge in [-0.3, -0.25) is 0 Å². The molecule has 0 aliphatic heterocycles. The number of aromatic nitrogens is 1. The van der Waals surface area contributed by atoms with E-state index in [1.807, 2.05) is 7.05 Å². The van der Waals surface area contributed by atoms with E-state index in [4.69, 9.17) is 5.11 Å². The maximum Gasteiger partial charge on any atom is 0.347 e. The normalized spacial score (nSPS) is 17.3. The zero-order chi connectivity index (χ0) is 14.2. The second-order valence-electron chi connectivity index (χ2n) is 5.54. The van der Waals surface area contributed by atoms with Crippen LogP contribution in [-0.2, 0) is 0 Å². The lowest BCUT2D eigenvalue weighted by Gasteiger charge is -2.49. The SMILES string of the molecule is Cc1nc(N(C)CC2(N(C)C)CCC2)sc1C(=O)O. The Kier molecular flexibility index (Phi) is 3.82. The van der Waals surface area contributed by atoms with E-state index in [0.717, 1.165) is 11.7 Å². The molecule has 6 heteroatoms. The average molecular weight is 283 g/mol. The van der Waals surface area contributed by atoms with Crippen LogP contribution in [0.1, 0.15) is 34.6 Å². The molecule has 0 amide bonds. The lowest BCUT2D eigenvalue weighted by Crippen LogP contribution is -2.56. The van der Waals surface area contributed by atoms with Gasteiger partial charge in [0.15, 0.2) is 5.13 Å². The minimum absolute atomic E-state index is 0.220. The molecule has 0 bridgehead atoms. The summed E-state index contributed by atoms with van der Waals surface area (Å²) in [4.78, 5) is 20.2. The number of thiazole rings is 1. The van der Waals surface area contributed by atoms with E-state index >= 15 is 0 Å². The summed E-state index contributed by atoms with van der Waals surface area (Å²) < 4.78 is 0. The van der Waals surface area contributed by atoms with Crippen molar-refractivity contribution >= 4 is 22.4 Å². The first-order valence-corrected chi connectivity index (χ1v) is 7.27. The van der Waals surface area contributed by atoms with Crippen molar-refractivity contribution in [3.05, 3.63) is 10.6 Å². The lowest BCUT2D eigenvalue weighted by atomic mass is 9.75. The van der Waals surface area contributed by atoms with Crippen LogP contribution >= 0.6 is 11.3 Å². The van der Waals surface area contributed by atoms with E-state index < -0.39 is 5.97 Å². The van der Waals surface area contributed by atoms with Crippen LogP contribution in [0.2, 0.25) is 0 Å². The van der Waals surface area contributed by atoms with Crippen molar-refractivity contribution < 1.29 is 9.90 Å². The zero-order valence-corrected chi connectivity index (χ0v) is 12.8. The number of hydrogen-bond donors (Lipinski definition) is 1. The summed E-state index contributed by atoms with van der Waals surface area (Å²) in [6, 6.07) is 0. The second-order valence-corrected chi connectivity index (χ2v) is 6.52. The molecule has 0 aromatic carbocycles. The molecule has 0 unspecified atom stereocenters. The first-order chi connectivity index (χ1) is 8.85. The summed E-state index contributed by atoms with van der Waals surface area (Å²) in [6.45, 7) is 2.65. The molecule has 1 aromatic heterocycles. The van der Waals surface area contributed by atoms with Gasteiger partial charge in [0.1, 0.15) is 4.88 Å². The predicted molar refractivity (Wildman–Crippen MR) is 77.3 cm³/mol. The van der Waals surface area contributed by atoms with Crippen molar-refractivity contribution in [1.82, 2.24) is 9.88 Å². The van der Waals surface area contributed by atoms with Crippen LogP contribution in [0.4, 0.5) is 5.13 Å². The first-order valence-electron chi connectivity index (χ1n) is 6.45. The van der Waals surface area contributed by atoms with E-state index in [-0.39, 0.29) is 5.54 Å². The Labute approximate surface area is 117 Å². The maximum atomic E-state index is 11.1. The number of carbonyl (C=O) groups is 1. The number of hydrogen-bond acceptors (Lipinski definition) is 5. The van der Waals surface area contributed by atoms with Crippen molar-refractivity contribution in [2.75, 3.05) is 32.6 Å². The third-order valence-electron chi connectivity index (χ3n) is 4.07. The van der Waals surface area contributed by atoms with Gasteiger partial charge in [-0.05, 0) is 40.3 Å². The van der Waals surface area contributed by atoms with Crippen LogP contribution in [0.15, 0.2) is 0 Å². The quantitative estimate of drug-likeness (QED) is 0.896. The van der Waals surface area contributed by atoms with Crippen molar-refractivity contribution in [3.8, 4) is 0 Å². The molecule has 0 radical (unpaired) electrons. The van der Waals surface area contributed by atoms with Crippen LogP contribution < -0.4 is 4.90 Å². The fourth-order valence-electron chi connectivity index (χ4n) is 2.58. The van der Waals surface area contributed by atoms with Gasteiger partial charge < -0.3 is 14.9 Å². The number of aryl methyl sites for hydroxylation is 1. The topological polar surface area (TPSA) is 56.7 Å². The van der Waals surface area contributed by atoms with Crippen LogP contribution in [-0.4, -0.2) is 54.2 Å². The van der Waals surface area contributed by atoms with Gasteiger partial charge in [-0.1, -0.05) is 11.3 Å². The molecule has 106 valence electrons.